The number of rotatable bonds is 5. The van der Waals surface area contributed by atoms with Crippen LogP contribution >= 0.6 is 0 Å². The van der Waals surface area contributed by atoms with E-state index >= 15 is 0 Å². The Morgan fingerprint density at radius 1 is 1.16 bits per heavy atom. The van der Waals surface area contributed by atoms with Crippen LogP contribution in [0.15, 0.2) is 16.5 Å². The van der Waals surface area contributed by atoms with Crippen LogP contribution in [0.25, 0.3) is 11.0 Å². The summed E-state index contributed by atoms with van der Waals surface area (Å²) < 4.78 is 6.08. The molecule has 2 heteroatoms. The molecule has 0 amide bonds. The summed E-state index contributed by atoms with van der Waals surface area (Å²) >= 11 is 0. The highest BCUT2D eigenvalue weighted by atomic mass is 16.3. The third-order valence-corrected chi connectivity index (χ3v) is 3.66. The van der Waals surface area contributed by atoms with Crippen LogP contribution in [0.2, 0.25) is 0 Å². The lowest BCUT2D eigenvalue weighted by Gasteiger charge is -2.07. The van der Waals surface area contributed by atoms with Crippen molar-refractivity contribution < 1.29 is 4.42 Å². The van der Waals surface area contributed by atoms with Gasteiger partial charge in [-0.05, 0) is 43.5 Å². The molecule has 0 atom stereocenters. The zero-order valence-electron chi connectivity index (χ0n) is 12.8. The van der Waals surface area contributed by atoms with Gasteiger partial charge in [0.25, 0.3) is 0 Å². The van der Waals surface area contributed by atoms with Gasteiger partial charge < -0.3 is 9.73 Å². The Hall–Kier alpha value is -1.28. The van der Waals surface area contributed by atoms with Gasteiger partial charge in [-0.1, -0.05) is 27.2 Å². The molecule has 0 fully saturated rings. The summed E-state index contributed by atoms with van der Waals surface area (Å²) in [5.41, 5.74) is 5.06. The second-order valence-corrected chi connectivity index (χ2v) is 5.72. The average molecular weight is 259 g/mol. The monoisotopic (exact) mass is 259 g/mol. The van der Waals surface area contributed by atoms with E-state index in [0.29, 0.717) is 6.04 Å². The Labute approximate surface area is 116 Å². The van der Waals surface area contributed by atoms with Gasteiger partial charge in [0.05, 0.1) is 6.54 Å². The van der Waals surface area contributed by atoms with Gasteiger partial charge in [-0.2, -0.15) is 0 Å². The molecule has 0 unspecified atom stereocenters. The molecule has 2 aromatic rings. The lowest BCUT2D eigenvalue weighted by molar-refractivity contribution is 0.482. The first-order valence-corrected chi connectivity index (χ1v) is 7.27. The van der Waals surface area contributed by atoms with Crippen molar-refractivity contribution in [1.29, 1.82) is 0 Å². The first kappa shape index (κ1) is 14.1. The summed E-state index contributed by atoms with van der Waals surface area (Å²) in [6.45, 7) is 11.7. The summed E-state index contributed by atoms with van der Waals surface area (Å²) in [7, 11) is 0. The van der Waals surface area contributed by atoms with Crippen molar-refractivity contribution in [3.63, 3.8) is 0 Å². The number of furan rings is 1. The molecule has 1 heterocycles. The third kappa shape index (κ3) is 3.01. The molecule has 1 aromatic heterocycles. The Balaban J connectivity index is 2.47. The van der Waals surface area contributed by atoms with Crippen LogP contribution in [0.1, 0.15) is 49.6 Å². The average Bonchev–Trinajstić information content (AvgIpc) is 2.66. The van der Waals surface area contributed by atoms with E-state index in [1.807, 2.05) is 0 Å². The van der Waals surface area contributed by atoms with Crippen LogP contribution < -0.4 is 5.32 Å². The third-order valence-electron chi connectivity index (χ3n) is 3.66. The fourth-order valence-corrected chi connectivity index (χ4v) is 2.42. The molecule has 0 saturated carbocycles. The minimum Gasteiger partial charge on any atom is -0.459 e. The molecule has 1 N–H and O–H groups in total. The number of benzene rings is 1. The summed E-state index contributed by atoms with van der Waals surface area (Å²) in [6, 6.07) is 4.92. The molecule has 2 rings (SSSR count). The Morgan fingerprint density at radius 2 is 1.84 bits per heavy atom. The van der Waals surface area contributed by atoms with Gasteiger partial charge in [0, 0.05) is 17.0 Å². The van der Waals surface area contributed by atoms with Crippen LogP contribution in [0.4, 0.5) is 0 Å². The number of hydrogen-bond donors (Lipinski definition) is 1. The molecular formula is C17H25NO. The maximum atomic E-state index is 6.08. The van der Waals surface area contributed by atoms with Crippen molar-refractivity contribution in [3.8, 4) is 0 Å². The maximum absolute atomic E-state index is 6.08. The Bertz CT molecular complexity index is 566. The van der Waals surface area contributed by atoms with Crippen molar-refractivity contribution in [2.75, 3.05) is 0 Å². The topological polar surface area (TPSA) is 25.2 Å². The smallest absolute Gasteiger partial charge is 0.134 e. The van der Waals surface area contributed by atoms with Crippen molar-refractivity contribution >= 4 is 11.0 Å². The fraction of sp³-hybridized carbons (Fsp3) is 0.529. The van der Waals surface area contributed by atoms with E-state index in [-0.39, 0.29) is 0 Å². The van der Waals surface area contributed by atoms with Gasteiger partial charge in [-0.15, -0.1) is 0 Å². The Morgan fingerprint density at radius 3 is 2.47 bits per heavy atom. The largest absolute Gasteiger partial charge is 0.459 e. The maximum Gasteiger partial charge on any atom is 0.134 e. The number of aryl methyl sites for hydroxylation is 3. The molecule has 0 aliphatic carbocycles. The van der Waals surface area contributed by atoms with Gasteiger partial charge in [0.15, 0.2) is 0 Å². The summed E-state index contributed by atoms with van der Waals surface area (Å²) in [5, 5.41) is 4.75. The standard InChI is InChI=1S/C17H25NO/c1-6-7-14-15-8-12(4)13(5)9-16(15)19-17(14)10-18-11(2)3/h8-9,11,18H,6-7,10H2,1-5H3. The highest BCUT2D eigenvalue weighted by Gasteiger charge is 2.14. The van der Waals surface area contributed by atoms with Crippen LogP contribution in [0, 0.1) is 13.8 Å². The molecule has 104 valence electrons. The van der Waals surface area contributed by atoms with Crippen molar-refractivity contribution in [2.45, 2.75) is 60.0 Å². The summed E-state index contributed by atoms with van der Waals surface area (Å²) in [6.07, 6.45) is 2.24. The molecule has 0 saturated heterocycles. The molecule has 1 aromatic carbocycles. The predicted octanol–water partition coefficient (Wildman–Crippen LogP) is 4.50. The zero-order valence-corrected chi connectivity index (χ0v) is 12.8. The molecule has 19 heavy (non-hydrogen) atoms. The molecule has 0 aliphatic rings. The van der Waals surface area contributed by atoms with Crippen molar-refractivity contribution in [1.82, 2.24) is 5.32 Å². The number of nitrogens with one attached hydrogen (secondary N) is 1. The van der Waals surface area contributed by atoms with E-state index in [1.54, 1.807) is 0 Å². The second kappa shape index (κ2) is 5.79. The predicted molar refractivity (Wildman–Crippen MR) is 81.7 cm³/mol. The first-order valence-electron chi connectivity index (χ1n) is 7.27. The lowest BCUT2D eigenvalue weighted by Crippen LogP contribution is -2.22. The molecule has 0 aliphatic heterocycles. The van der Waals surface area contributed by atoms with E-state index in [1.165, 1.54) is 22.1 Å². The van der Waals surface area contributed by atoms with Gasteiger partial charge in [-0.3, -0.25) is 0 Å². The fourth-order valence-electron chi connectivity index (χ4n) is 2.42. The van der Waals surface area contributed by atoms with Gasteiger partial charge in [0.1, 0.15) is 11.3 Å². The van der Waals surface area contributed by atoms with Gasteiger partial charge in [-0.25, -0.2) is 0 Å². The quantitative estimate of drug-likeness (QED) is 0.855. The van der Waals surface area contributed by atoms with Crippen LogP contribution in [0.3, 0.4) is 0 Å². The molecular weight excluding hydrogens is 234 g/mol. The highest BCUT2D eigenvalue weighted by Crippen LogP contribution is 2.29. The van der Waals surface area contributed by atoms with E-state index in [4.69, 9.17) is 4.42 Å². The normalized spacial score (nSPS) is 11.7. The minimum atomic E-state index is 0.478. The molecule has 0 radical (unpaired) electrons. The summed E-state index contributed by atoms with van der Waals surface area (Å²) in [4.78, 5) is 0. The lowest BCUT2D eigenvalue weighted by atomic mass is 10.0. The van der Waals surface area contributed by atoms with Crippen molar-refractivity contribution in [3.05, 3.63) is 34.6 Å². The minimum absolute atomic E-state index is 0.478. The van der Waals surface area contributed by atoms with E-state index < -0.39 is 0 Å². The molecule has 0 spiro atoms. The van der Waals surface area contributed by atoms with Crippen LogP contribution in [-0.4, -0.2) is 6.04 Å². The SMILES string of the molecule is CCCc1c(CNC(C)C)oc2cc(C)c(C)cc12. The summed E-state index contributed by atoms with van der Waals surface area (Å²) in [5.74, 6) is 1.11. The van der Waals surface area contributed by atoms with E-state index in [0.717, 1.165) is 30.7 Å². The van der Waals surface area contributed by atoms with Crippen LogP contribution in [0.5, 0.6) is 0 Å². The van der Waals surface area contributed by atoms with E-state index in [2.05, 4.69) is 52.1 Å². The van der Waals surface area contributed by atoms with Gasteiger partial charge >= 0.3 is 0 Å². The Kier molecular flexibility index (Phi) is 4.31. The molecule has 0 bridgehead atoms. The van der Waals surface area contributed by atoms with Crippen molar-refractivity contribution in [2.24, 2.45) is 0 Å². The highest BCUT2D eigenvalue weighted by molar-refractivity contribution is 5.84. The number of fused-ring (bicyclic) bond motifs is 1. The van der Waals surface area contributed by atoms with Gasteiger partial charge in [0.2, 0.25) is 0 Å². The second-order valence-electron chi connectivity index (χ2n) is 5.72. The molecule has 2 nitrogen and oxygen atoms in total. The zero-order chi connectivity index (χ0) is 14.0. The van der Waals surface area contributed by atoms with E-state index in [9.17, 15) is 0 Å². The first-order chi connectivity index (χ1) is 9.02. The number of hydrogen-bond acceptors (Lipinski definition) is 2. The van der Waals surface area contributed by atoms with Crippen LogP contribution in [-0.2, 0) is 13.0 Å².